The zero-order chi connectivity index (χ0) is 9.56. The Labute approximate surface area is 71.1 Å². The number of hydrogen-bond donors (Lipinski definition) is 1. The van der Waals surface area contributed by atoms with Gasteiger partial charge >= 0.3 is 6.08 Å². The van der Waals surface area contributed by atoms with Crippen molar-refractivity contribution in [2.75, 3.05) is 18.1 Å². The second kappa shape index (κ2) is 6.19. The van der Waals surface area contributed by atoms with E-state index >= 15 is 0 Å². The van der Waals surface area contributed by atoms with Gasteiger partial charge in [0.05, 0.1) is 0 Å². The fraction of sp³-hybridized carbons (Fsp3) is 0.667. The average molecular weight is 201 g/mol. The Morgan fingerprint density at radius 2 is 1.83 bits per heavy atom. The highest BCUT2D eigenvalue weighted by molar-refractivity contribution is 7.85. The Bertz CT molecular complexity index is 191. The molecule has 0 amide bonds. The lowest BCUT2D eigenvalue weighted by Gasteiger charge is -1.97. The van der Waals surface area contributed by atoms with Gasteiger partial charge in [0.25, 0.3) is 0 Å². The van der Waals surface area contributed by atoms with Crippen molar-refractivity contribution in [2.45, 2.75) is 6.42 Å². The van der Waals surface area contributed by atoms with Crippen LogP contribution in [-0.4, -0.2) is 22.3 Å². The van der Waals surface area contributed by atoms with Gasteiger partial charge in [-0.3, -0.25) is 4.21 Å². The summed E-state index contributed by atoms with van der Waals surface area (Å²) in [4.78, 5) is 0. The fourth-order valence-corrected chi connectivity index (χ4v) is 1.41. The largest absolute Gasteiger partial charge is 0.330 e. The maximum absolute atomic E-state index is 12.1. The number of rotatable bonds is 5. The van der Waals surface area contributed by atoms with Crippen LogP contribution in [0.5, 0.6) is 0 Å². The lowest BCUT2D eigenvalue weighted by atomic mass is 10.4. The Kier molecular flexibility index (Phi) is 6.00. The first-order valence-electron chi connectivity index (χ1n) is 3.32. The molecule has 0 saturated heterocycles. The van der Waals surface area contributed by atoms with Crippen LogP contribution >= 0.6 is 0 Å². The van der Waals surface area contributed by atoms with Gasteiger partial charge in [-0.05, 0) is 0 Å². The van der Waals surface area contributed by atoms with E-state index in [-0.39, 0.29) is 18.1 Å². The van der Waals surface area contributed by atoms with Crippen LogP contribution in [0.4, 0.5) is 13.2 Å². The van der Waals surface area contributed by atoms with Crippen molar-refractivity contribution in [1.29, 1.82) is 0 Å². The van der Waals surface area contributed by atoms with Gasteiger partial charge in [0.2, 0.25) is 0 Å². The second-order valence-electron chi connectivity index (χ2n) is 2.05. The molecule has 0 aromatic rings. The van der Waals surface area contributed by atoms with Crippen LogP contribution in [0.2, 0.25) is 0 Å². The van der Waals surface area contributed by atoms with Crippen LogP contribution < -0.4 is 5.73 Å². The van der Waals surface area contributed by atoms with Gasteiger partial charge in [0.1, 0.15) is 0 Å². The van der Waals surface area contributed by atoms with Crippen LogP contribution in [0.3, 0.4) is 0 Å². The predicted molar refractivity (Wildman–Crippen MR) is 41.9 cm³/mol. The maximum atomic E-state index is 12.1. The second-order valence-corrected chi connectivity index (χ2v) is 3.75. The smallest absolute Gasteiger partial charge is 0.301 e. The van der Waals surface area contributed by atoms with E-state index in [1.165, 1.54) is 0 Å². The third-order valence-corrected chi connectivity index (χ3v) is 2.45. The van der Waals surface area contributed by atoms with Gasteiger partial charge in [-0.2, -0.15) is 8.78 Å². The zero-order valence-electron chi connectivity index (χ0n) is 6.36. The SMILES string of the molecule is NCCS(=O)CCC(F)=C(F)F. The minimum absolute atomic E-state index is 0.0969. The third kappa shape index (κ3) is 5.31. The van der Waals surface area contributed by atoms with Gasteiger partial charge in [-0.25, -0.2) is 4.39 Å². The standard InChI is InChI=1S/C6H10F3NOS/c7-5(6(8)9)1-3-12(11)4-2-10/h1-4,10H2. The highest BCUT2D eigenvalue weighted by atomic mass is 32.2. The predicted octanol–water partition coefficient (Wildman–Crippen LogP) is 1.16. The number of hydrogen-bond acceptors (Lipinski definition) is 2. The Morgan fingerprint density at radius 3 is 2.25 bits per heavy atom. The zero-order valence-corrected chi connectivity index (χ0v) is 7.17. The maximum Gasteiger partial charge on any atom is 0.301 e. The highest BCUT2D eigenvalue weighted by Crippen LogP contribution is 2.13. The monoisotopic (exact) mass is 201 g/mol. The molecule has 0 fully saturated rings. The van der Waals surface area contributed by atoms with Crippen LogP contribution in [-0.2, 0) is 10.8 Å². The molecule has 0 rings (SSSR count). The Hall–Kier alpha value is -0.360. The van der Waals surface area contributed by atoms with E-state index in [2.05, 4.69) is 0 Å². The lowest BCUT2D eigenvalue weighted by molar-refractivity contribution is 0.373. The molecule has 72 valence electrons. The topological polar surface area (TPSA) is 43.1 Å². The lowest BCUT2D eigenvalue weighted by Crippen LogP contribution is -2.12. The molecule has 2 nitrogen and oxygen atoms in total. The van der Waals surface area contributed by atoms with Crippen molar-refractivity contribution in [3.8, 4) is 0 Å². The van der Waals surface area contributed by atoms with Gasteiger partial charge < -0.3 is 5.73 Å². The van der Waals surface area contributed by atoms with Crippen molar-refractivity contribution in [3.63, 3.8) is 0 Å². The van der Waals surface area contributed by atoms with E-state index in [1.54, 1.807) is 0 Å². The highest BCUT2D eigenvalue weighted by Gasteiger charge is 2.06. The molecule has 1 atom stereocenters. The molecular weight excluding hydrogens is 191 g/mol. The molecule has 0 aromatic carbocycles. The minimum atomic E-state index is -2.33. The molecule has 6 heteroatoms. The van der Waals surface area contributed by atoms with E-state index in [9.17, 15) is 17.4 Å². The average Bonchev–Trinajstić information content (AvgIpc) is 2.00. The van der Waals surface area contributed by atoms with Crippen molar-refractivity contribution in [2.24, 2.45) is 5.73 Å². The molecule has 2 N–H and O–H groups in total. The molecule has 0 aliphatic carbocycles. The molecule has 0 bridgehead atoms. The van der Waals surface area contributed by atoms with Crippen LogP contribution in [0.25, 0.3) is 0 Å². The van der Waals surface area contributed by atoms with E-state index in [4.69, 9.17) is 5.73 Å². The summed E-state index contributed by atoms with van der Waals surface area (Å²) >= 11 is 0. The molecule has 1 unspecified atom stereocenters. The van der Waals surface area contributed by atoms with Gasteiger partial charge in [0, 0.05) is 35.3 Å². The summed E-state index contributed by atoms with van der Waals surface area (Å²) in [5.74, 6) is -1.36. The van der Waals surface area contributed by atoms with E-state index in [1.807, 2.05) is 0 Å². The molecule has 0 saturated carbocycles. The van der Waals surface area contributed by atoms with Crippen LogP contribution in [0, 0.1) is 0 Å². The minimum Gasteiger partial charge on any atom is -0.330 e. The van der Waals surface area contributed by atoms with Crippen LogP contribution in [0.1, 0.15) is 6.42 Å². The number of halogens is 3. The van der Waals surface area contributed by atoms with E-state index < -0.39 is 29.1 Å². The summed E-state index contributed by atoms with van der Waals surface area (Å²) in [5, 5.41) is 0. The van der Waals surface area contributed by atoms with Crippen molar-refractivity contribution >= 4 is 10.8 Å². The Morgan fingerprint density at radius 1 is 1.25 bits per heavy atom. The molecule has 0 aliphatic rings. The summed E-state index contributed by atoms with van der Waals surface area (Å²) in [6.45, 7) is 0.218. The van der Waals surface area contributed by atoms with E-state index in [0.717, 1.165) is 0 Å². The number of allylic oxidation sites excluding steroid dienone is 1. The fourth-order valence-electron chi connectivity index (χ4n) is 0.531. The first kappa shape index (κ1) is 11.6. The summed E-state index contributed by atoms with van der Waals surface area (Å²) in [7, 11) is -1.29. The quantitative estimate of drug-likeness (QED) is 0.725. The first-order chi connectivity index (χ1) is 5.57. The Balaban J connectivity index is 3.69. The normalized spacial score (nSPS) is 12.7. The van der Waals surface area contributed by atoms with Crippen LogP contribution in [0.15, 0.2) is 11.9 Å². The first-order valence-corrected chi connectivity index (χ1v) is 4.81. The van der Waals surface area contributed by atoms with Gasteiger partial charge in [-0.15, -0.1) is 0 Å². The van der Waals surface area contributed by atoms with Crippen molar-refractivity contribution in [1.82, 2.24) is 0 Å². The van der Waals surface area contributed by atoms with Gasteiger partial charge in [-0.1, -0.05) is 0 Å². The van der Waals surface area contributed by atoms with Crippen molar-refractivity contribution < 1.29 is 17.4 Å². The summed E-state index contributed by atoms with van der Waals surface area (Å²) < 4.78 is 45.7. The summed E-state index contributed by atoms with van der Waals surface area (Å²) in [6, 6.07) is 0. The molecule has 0 aromatic heterocycles. The molecule has 0 aliphatic heterocycles. The summed E-state index contributed by atoms with van der Waals surface area (Å²) in [5.41, 5.74) is 5.05. The molecule has 0 radical (unpaired) electrons. The summed E-state index contributed by atoms with van der Waals surface area (Å²) in [6.07, 6.45) is -2.81. The third-order valence-electron chi connectivity index (χ3n) is 1.10. The van der Waals surface area contributed by atoms with Gasteiger partial charge in [0.15, 0.2) is 5.83 Å². The van der Waals surface area contributed by atoms with E-state index in [0.29, 0.717) is 0 Å². The van der Waals surface area contributed by atoms with Crippen molar-refractivity contribution in [3.05, 3.63) is 11.9 Å². The molecule has 0 heterocycles. The molecule has 12 heavy (non-hydrogen) atoms. The number of nitrogens with two attached hydrogens (primary N) is 1. The molecule has 0 spiro atoms. The molecular formula is C6H10F3NOS.